The van der Waals surface area contributed by atoms with E-state index in [1.54, 1.807) is 0 Å². The minimum absolute atomic E-state index is 0.0663. The van der Waals surface area contributed by atoms with Crippen LogP contribution in [0.25, 0.3) is 22.3 Å². The molecule has 154 valence electrons. The van der Waals surface area contributed by atoms with Crippen LogP contribution in [0.2, 0.25) is 0 Å². The third-order valence-corrected chi connectivity index (χ3v) is 6.49. The van der Waals surface area contributed by atoms with E-state index in [4.69, 9.17) is 4.98 Å². The minimum atomic E-state index is -0.0663. The Labute approximate surface area is 188 Å². The first-order chi connectivity index (χ1) is 15.6. The molecule has 4 aromatic carbocycles. The van der Waals surface area contributed by atoms with Crippen LogP contribution in [0.3, 0.4) is 0 Å². The van der Waals surface area contributed by atoms with E-state index < -0.39 is 0 Å². The normalized spacial score (nSPS) is 14.1. The lowest BCUT2D eigenvalue weighted by Crippen LogP contribution is -2.30. The summed E-state index contributed by atoms with van der Waals surface area (Å²) in [4.78, 5) is 11.9. The molecule has 3 heteroatoms. The summed E-state index contributed by atoms with van der Waals surface area (Å²) in [6, 6.07) is 34.0. The van der Waals surface area contributed by atoms with E-state index in [1.165, 1.54) is 22.5 Å². The van der Waals surface area contributed by atoms with E-state index in [1.807, 2.05) is 36.5 Å². The van der Waals surface area contributed by atoms with Crippen LogP contribution < -0.4 is 4.90 Å². The molecule has 1 aliphatic heterocycles. The predicted octanol–water partition coefficient (Wildman–Crippen LogP) is 7.41. The highest BCUT2D eigenvalue weighted by Crippen LogP contribution is 2.51. The Morgan fingerprint density at radius 1 is 0.688 bits per heavy atom. The van der Waals surface area contributed by atoms with Crippen molar-refractivity contribution < 1.29 is 0 Å². The Balaban J connectivity index is 1.56. The van der Waals surface area contributed by atoms with Crippen molar-refractivity contribution in [1.82, 2.24) is 9.97 Å². The smallest absolute Gasteiger partial charge is 0.159 e. The number of fused-ring (bicyclic) bond motifs is 3. The van der Waals surface area contributed by atoms with Crippen LogP contribution in [0, 0.1) is 0 Å². The molecular formula is C29H23N3. The first kappa shape index (κ1) is 18.8. The fourth-order valence-electron chi connectivity index (χ4n) is 4.82. The van der Waals surface area contributed by atoms with Crippen LogP contribution in [-0.2, 0) is 5.41 Å². The number of hydrogen-bond donors (Lipinski definition) is 0. The molecule has 32 heavy (non-hydrogen) atoms. The summed E-state index contributed by atoms with van der Waals surface area (Å²) in [5, 5.41) is 1.03. The van der Waals surface area contributed by atoms with Crippen molar-refractivity contribution in [3.05, 3.63) is 114 Å². The van der Waals surface area contributed by atoms with Crippen LogP contribution in [0.4, 0.5) is 17.1 Å². The molecule has 0 aliphatic carbocycles. The summed E-state index contributed by atoms with van der Waals surface area (Å²) < 4.78 is 0. The van der Waals surface area contributed by atoms with Gasteiger partial charge in [-0.2, -0.15) is 0 Å². The van der Waals surface area contributed by atoms with Gasteiger partial charge in [-0.1, -0.05) is 80.6 Å². The number of aromatic nitrogens is 2. The summed E-state index contributed by atoms with van der Waals surface area (Å²) in [5.74, 6) is 0.746. The van der Waals surface area contributed by atoms with Crippen LogP contribution in [0.5, 0.6) is 0 Å². The zero-order valence-electron chi connectivity index (χ0n) is 18.2. The van der Waals surface area contributed by atoms with Crippen LogP contribution in [0.15, 0.2) is 103 Å². The minimum Gasteiger partial charge on any atom is -0.310 e. The summed E-state index contributed by atoms with van der Waals surface area (Å²) in [7, 11) is 0. The van der Waals surface area contributed by atoms with Gasteiger partial charge in [0.1, 0.15) is 0 Å². The van der Waals surface area contributed by atoms with E-state index in [9.17, 15) is 0 Å². The molecule has 0 bridgehead atoms. The largest absolute Gasteiger partial charge is 0.310 e. The van der Waals surface area contributed by atoms with E-state index >= 15 is 0 Å². The maximum absolute atomic E-state index is 4.90. The zero-order valence-corrected chi connectivity index (χ0v) is 18.2. The second kappa shape index (κ2) is 7.03. The summed E-state index contributed by atoms with van der Waals surface area (Å²) in [6.07, 6.45) is 1.91. The van der Waals surface area contributed by atoms with Gasteiger partial charge in [0.05, 0.1) is 16.9 Å². The van der Waals surface area contributed by atoms with Crippen molar-refractivity contribution in [2.24, 2.45) is 0 Å². The Morgan fingerprint density at radius 2 is 1.31 bits per heavy atom. The number of para-hydroxylation sites is 2. The van der Waals surface area contributed by atoms with Crippen LogP contribution in [0.1, 0.15) is 25.0 Å². The summed E-state index contributed by atoms with van der Waals surface area (Å²) in [6.45, 7) is 4.61. The van der Waals surface area contributed by atoms with Gasteiger partial charge in [0, 0.05) is 28.2 Å². The van der Waals surface area contributed by atoms with E-state index in [-0.39, 0.29) is 5.41 Å². The molecule has 0 atom stereocenters. The summed E-state index contributed by atoms with van der Waals surface area (Å²) >= 11 is 0. The van der Waals surface area contributed by atoms with Crippen molar-refractivity contribution in [2.45, 2.75) is 19.3 Å². The average molecular weight is 414 g/mol. The van der Waals surface area contributed by atoms with E-state index in [0.717, 1.165) is 28.0 Å². The van der Waals surface area contributed by atoms with Gasteiger partial charge in [-0.3, -0.25) is 0 Å². The van der Waals surface area contributed by atoms with Crippen molar-refractivity contribution in [1.29, 1.82) is 0 Å². The molecule has 0 fully saturated rings. The second-order valence-corrected chi connectivity index (χ2v) is 8.80. The van der Waals surface area contributed by atoms with Crippen molar-refractivity contribution in [2.75, 3.05) is 4.90 Å². The first-order valence-electron chi connectivity index (χ1n) is 10.9. The lowest BCUT2D eigenvalue weighted by Gasteiger charge is -2.42. The Bertz CT molecular complexity index is 1400. The van der Waals surface area contributed by atoms with Crippen LogP contribution >= 0.6 is 0 Å². The van der Waals surface area contributed by atoms with Gasteiger partial charge < -0.3 is 4.90 Å². The maximum Gasteiger partial charge on any atom is 0.159 e. The second-order valence-electron chi connectivity index (χ2n) is 8.80. The maximum atomic E-state index is 4.90. The fourth-order valence-corrected chi connectivity index (χ4v) is 4.82. The Kier molecular flexibility index (Phi) is 4.12. The van der Waals surface area contributed by atoms with Gasteiger partial charge in [0.2, 0.25) is 0 Å². The number of benzene rings is 4. The molecular weight excluding hydrogens is 390 g/mol. The highest BCUT2D eigenvalue weighted by molar-refractivity contribution is 5.90. The Morgan fingerprint density at radius 3 is 2.00 bits per heavy atom. The number of rotatable bonds is 2. The van der Waals surface area contributed by atoms with Gasteiger partial charge in [0.15, 0.2) is 5.82 Å². The highest BCUT2D eigenvalue weighted by atomic mass is 15.2. The SMILES string of the molecule is CC1(C)c2ccccc2N(c2ccc3cnc(-c4ccccc4)nc3c2)c2ccccc21. The lowest BCUT2D eigenvalue weighted by molar-refractivity contribution is 0.632. The van der Waals surface area contributed by atoms with E-state index in [0.29, 0.717) is 0 Å². The van der Waals surface area contributed by atoms with Gasteiger partial charge in [-0.05, 0) is 41.5 Å². The molecule has 0 radical (unpaired) electrons. The molecule has 2 heterocycles. The Hall–Kier alpha value is -3.98. The predicted molar refractivity (Wildman–Crippen MR) is 132 cm³/mol. The molecule has 0 saturated carbocycles. The molecule has 3 nitrogen and oxygen atoms in total. The van der Waals surface area contributed by atoms with Crippen molar-refractivity contribution in [3.8, 4) is 11.4 Å². The quantitative estimate of drug-likeness (QED) is 0.302. The van der Waals surface area contributed by atoms with Crippen molar-refractivity contribution >= 4 is 28.0 Å². The molecule has 0 saturated heterocycles. The van der Waals surface area contributed by atoms with Gasteiger partial charge >= 0.3 is 0 Å². The van der Waals surface area contributed by atoms with E-state index in [2.05, 4.69) is 90.5 Å². The third kappa shape index (κ3) is 2.82. The van der Waals surface area contributed by atoms with Gasteiger partial charge in [-0.15, -0.1) is 0 Å². The van der Waals surface area contributed by atoms with Gasteiger partial charge in [-0.25, -0.2) is 9.97 Å². The number of hydrogen-bond acceptors (Lipinski definition) is 3. The molecule has 1 aliphatic rings. The fraction of sp³-hybridized carbons (Fsp3) is 0.103. The molecule has 5 aromatic rings. The first-order valence-corrected chi connectivity index (χ1v) is 10.9. The van der Waals surface area contributed by atoms with Crippen molar-refractivity contribution in [3.63, 3.8) is 0 Å². The molecule has 0 unspecified atom stereocenters. The summed E-state index contributed by atoms with van der Waals surface area (Å²) in [5.41, 5.74) is 8.08. The highest BCUT2D eigenvalue weighted by Gasteiger charge is 2.36. The molecule has 0 spiro atoms. The molecule has 1 aromatic heterocycles. The molecule has 6 rings (SSSR count). The number of nitrogens with zero attached hydrogens (tertiary/aromatic N) is 3. The third-order valence-electron chi connectivity index (χ3n) is 6.49. The monoisotopic (exact) mass is 413 g/mol. The zero-order chi connectivity index (χ0) is 21.7. The molecule has 0 N–H and O–H groups in total. The average Bonchev–Trinajstić information content (AvgIpc) is 2.84. The molecule has 0 amide bonds. The number of anilines is 3. The van der Waals surface area contributed by atoms with Crippen LogP contribution in [-0.4, -0.2) is 9.97 Å². The topological polar surface area (TPSA) is 29.0 Å². The lowest BCUT2D eigenvalue weighted by atomic mass is 9.73. The van der Waals surface area contributed by atoms with Gasteiger partial charge in [0.25, 0.3) is 0 Å². The standard InChI is InChI=1S/C29H23N3/c1-29(2)23-12-6-8-14-26(23)32(27-15-9-7-13-24(27)29)22-17-16-21-19-30-28(31-25(21)18-22)20-10-4-3-5-11-20/h3-19H,1-2H3.